The number of aliphatic hydroxyl groups is 6. The van der Waals surface area contributed by atoms with E-state index in [-0.39, 0.29) is 42.9 Å². The Morgan fingerprint density at radius 3 is 2.76 bits per heavy atom. The molecule has 3 heterocycles. The summed E-state index contributed by atoms with van der Waals surface area (Å²) in [7, 11) is 0. The zero-order valence-corrected chi connectivity index (χ0v) is 39.8. The van der Waals surface area contributed by atoms with Crippen LogP contribution in [0.1, 0.15) is 113 Å². The van der Waals surface area contributed by atoms with Gasteiger partial charge in [0.05, 0.1) is 36.1 Å². The van der Waals surface area contributed by atoms with Crippen LogP contribution < -0.4 is 26.4 Å². The highest BCUT2D eigenvalue weighted by Gasteiger charge is 2.49. The molecule has 0 amide bonds. The zero-order chi connectivity index (χ0) is 46.9. The predicted octanol–water partition coefficient (Wildman–Crippen LogP) is 6.38. The maximum Gasteiger partial charge on any atom is 0.208 e. The molecule has 3 fully saturated rings. The van der Waals surface area contributed by atoms with Crippen LogP contribution in [-0.4, -0.2) is 93.2 Å². The van der Waals surface area contributed by atoms with E-state index < -0.39 is 18.3 Å². The van der Waals surface area contributed by atoms with E-state index in [2.05, 4.69) is 65.0 Å². The minimum atomic E-state index is -0.938. The number of rotatable bonds is 18. The van der Waals surface area contributed by atoms with E-state index in [4.69, 9.17) is 20.2 Å². The number of nitrogens with one attached hydrogen (secondary N) is 1. The summed E-state index contributed by atoms with van der Waals surface area (Å²) >= 11 is 0. The summed E-state index contributed by atoms with van der Waals surface area (Å²) in [5.74, 6) is 4.02. The van der Waals surface area contributed by atoms with Gasteiger partial charge < -0.3 is 46.1 Å². The van der Waals surface area contributed by atoms with Crippen molar-refractivity contribution in [3.05, 3.63) is 111 Å². The minimum Gasteiger partial charge on any atom is -0.504 e. The molecule has 11 heteroatoms. The van der Waals surface area contributed by atoms with Crippen LogP contribution in [-0.2, 0) is 6.42 Å². The maximum atomic E-state index is 11.7. The fraction of sp³-hybridized carbons (Fsp3) is 0.544. The lowest BCUT2D eigenvalue weighted by molar-refractivity contribution is -0.0553. The monoisotopic (exact) mass is 926 g/mol. The molecular formula is C57H73N4O7+. The molecule has 0 radical (unpaired) electrons. The number of hydrogen-bond acceptors (Lipinski definition) is 10. The highest BCUT2D eigenvalue weighted by atomic mass is 16.5. The number of nitrogens with zero attached hydrogens (tertiary/aromatic N) is 2. The van der Waals surface area contributed by atoms with Crippen molar-refractivity contribution in [1.82, 2.24) is 5.32 Å². The van der Waals surface area contributed by atoms with Crippen LogP contribution in [0.15, 0.2) is 81.9 Å². The van der Waals surface area contributed by atoms with E-state index in [1.54, 1.807) is 13.0 Å². The van der Waals surface area contributed by atoms with E-state index in [1.165, 1.54) is 35.8 Å². The lowest BCUT2D eigenvalue weighted by Gasteiger charge is -2.41. The molecule has 11 atom stereocenters. The van der Waals surface area contributed by atoms with Crippen LogP contribution in [0.3, 0.4) is 0 Å². The fourth-order valence-corrected chi connectivity index (χ4v) is 13.1. The number of aliphatic imine (C=N–C) groups is 1. The molecule has 1 unspecified atom stereocenters. The van der Waals surface area contributed by atoms with Crippen LogP contribution in [0.2, 0.25) is 0 Å². The van der Waals surface area contributed by atoms with Gasteiger partial charge in [-0.3, -0.25) is 4.99 Å². The number of unbranched alkanes of at least 4 members (excludes halogenated alkanes) is 1. The number of hydrogen-bond donors (Lipinski definition) is 7. The Bertz CT molecular complexity index is 2550. The highest BCUT2D eigenvalue weighted by molar-refractivity contribution is 6.03. The normalized spacial score (nSPS) is 29.3. The van der Waals surface area contributed by atoms with Gasteiger partial charge in [-0.15, -0.1) is 16.6 Å². The summed E-state index contributed by atoms with van der Waals surface area (Å²) < 4.78 is 11.1. The lowest BCUT2D eigenvalue weighted by Crippen LogP contribution is -2.42. The van der Waals surface area contributed by atoms with E-state index >= 15 is 0 Å². The van der Waals surface area contributed by atoms with Gasteiger partial charge in [0.25, 0.3) is 0 Å². The summed E-state index contributed by atoms with van der Waals surface area (Å²) in [5, 5.41) is 61.9. The second-order valence-electron chi connectivity index (χ2n) is 21.2. The van der Waals surface area contributed by atoms with E-state index in [9.17, 15) is 25.5 Å². The van der Waals surface area contributed by atoms with Gasteiger partial charge in [-0.2, -0.15) is 0 Å². The van der Waals surface area contributed by atoms with Crippen LogP contribution >= 0.6 is 0 Å². The van der Waals surface area contributed by atoms with Crippen molar-refractivity contribution in [1.29, 1.82) is 0 Å². The first-order chi connectivity index (χ1) is 33.1. The fourth-order valence-electron chi connectivity index (χ4n) is 13.1. The van der Waals surface area contributed by atoms with Crippen LogP contribution in [0.5, 0.6) is 11.5 Å². The van der Waals surface area contributed by atoms with E-state index in [0.29, 0.717) is 54.5 Å². The SMILES string of the molecule is C[C@H](O)CNC[C@@H]1[C+]2C=C([C@@H](O)COc3cc(CC[C-]4C=C(CO)C(CCCC[C@@H]5CC[C@@H]([C@H]6C=Cc7c(ccc8cc9c(cc78)=CCN=9)[C@@H]6O)[C@H](N)C5)[OH+]4)ccc3O)N=C2CC[C@H]2CCC[C@@H]21. The molecule has 3 aliphatic heterocycles. The number of phenolic OH excluding ortho intramolecular Hbond substituents is 1. The Labute approximate surface area is 401 Å². The second kappa shape index (κ2) is 20.9. The first-order valence-corrected chi connectivity index (χ1v) is 25.9. The first kappa shape index (κ1) is 47.2. The zero-order valence-electron chi connectivity index (χ0n) is 39.8. The second-order valence-corrected chi connectivity index (χ2v) is 21.2. The van der Waals surface area contributed by atoms with E-state index in [0.717, 1.165) is 116 Å². The average Bonchev–Trinajstić information content (AvgIpc) is 4.16. The van der Waals surface area contributed by atoms with Crippen molar-refractivity contribution in [2.24, 2.45) is 51.2 Å². The van der Waals surface area contributed by atoms with Crippen molar-refractivity contribution in [2.45, 2.75) is 127 Å². The van der Waals surface area contributed by atoms with Gasteiger partial charge in [-0.25, -0.2) is 0 Å². The van der Waals surface area contributed by atoms with E-state index in [1.807, 2.05) is 12.1 Å². The number of phenols is 1. The quantitative estimate of drug-likeness (QED) is 0.0435. The molecule has 3 saturated carbocycles. The predicted molar refractivity (Wildman–Crippen MR) is 268 cm³/mol. The van der Waals surface area contributed by atoms with Crippen LogP contribution in [0, 0.1) is 47.5 Å². The van der Waals surface area contributed by atoms with Gasteiger partial charge in [-0.05, 0) is 132 Å². The van der Waals surface area contributed by atoms with Gasteiger partial charge in [0, 0.05) is 44.5 Å². The molecular weight excluding hydrogens is 853 g/mol. The summed E-state index contributed by atoms with van der Waals surface area (Å²) in [5.41, 5.74) is 12.7. The van der Waals surface area contributed by atoms with Gasteiger partial charge in [0.2, 0.25) is 5.70 Å². The lowest BCUT2D eigenvalue weighted by atomic mass is 9.67. The number of nitrogens with two attached hydrogens (primary N) is 1. The van der Waals surface area contributed by atoms with Gasteiger partial charge in [-0.1, -0.05) is 68.5 Å². The number of aromatic hydroxyl groups is 1. The maximum absolute atomic E-state index is 11.7. The largest absolute Gasteiger partial charge is 0.504 e. The summed E-state index contributed by atoms with van der Waals surface area (Å²) in [4.78, 5) is 9.53. The Hall–Kier alpha value is -4.46. The molecule has 0 spiro atoms. The smallest absolute Gasteiger partial charge is 0.208 e. The summed E-state index contributed by atoms with van der Waals surface area (Å²) in [6, 6.07) is 14.1. The molecule has 0 saturated heterocycles. The van der Waals surface area contributed by atoms with Crippen molar-refractivity contribution in [3.63, 3.8) is 0 Å². The highest BCUT2D eigenvalue weighted by Crippen LogP contribution is 2.49. The number of aliphatic hydroxyl groups excluding tert-OH is 4. The Morgan fingerprint density at radius 2 is 1.91 bits per heavy atom. The number of allylic oxidation sites excluding steroid dienone is 1. The Kier molecular flexibility index (Phi) is 14.5. The molecule has 362 valence electrons. The van der Waals surface area contributed by atoms with Gasteiger partial charge in [0.1, 0.15) is 30.4 Å². The molecule has 9 N–H and O–H groups in total. The van der Waals surface area contributed by atoms with Crippen molar-refractivity contribution >= 4 is 28.6 Å². The number of benzene rings is 3. The number of fused-ring (bicyclic) bond motifs is 6. The van der Waals surface area contributed by atoms with Crippen LogP contribution in [0.4, 0.5) is 0 Å². The molecule has 3 aromatic carbocycles. The summed E-state index contributed by atoms with van der Waals surface area (Å²) in [6.45, 7) is 3.85. The molecule has 68 heavy (non-hydrogen) atoms. The third kappa shape index (κ3) is 10.1. The third-order valence-electron chi connectivity index (χ3n) is 16.7. The molecule has 4 aliphatic carbocycles. The number of aryl methyl sites for hydroxylation is 1. The first-order valence-electron chi connectivity index (χ1n) is 25.9. The standard InChI is InChI=1S/C57H72N4O7/c1-33(63)29-59-30-48-41-7-4-6-36(41)13-19-50-47(48)28-52(61-50)54(65)32-67-56-24-35(11-20-53(56)64)9-14-40-25-39(31-62)55(68-40)8-3-2-5-34-10-15-43(49(58)23-34)45-18-17-42-44(57(45)66)16-12-37-27-51-38(21-22-60-51)26-46(37)42/h11-12,16-18,20-21,24-28,33-34,36,41,43,45,48-49,54-55,57,59,62-63,65-66,68H,2-10,13-15,19,22-23,29-32,58H2,1H3/p+1/t33-,34+,36+,41-,43-,45+,48-,49+,54-,55?,57-/m0/s1. The molecule has 0 bridgehead atoms. The van der Waals surface area contributed by atoms with Crippen LogP contribution in [0.25, 0.3) is 22.9 Å². The third-order valence-corrected chi connectivity index (χ3v) is 16.7. The van der Waals surface area contributed by atoms with Crippen molar-refractivity contribution in [2.75, 3.05) is 32.8 Å². The molecule has 0 aromatic heterocycles. The van der Waals surface area contributed by atoms with Crippen molar-refractivity contribution in [3.8, 4) is 11.5 Å². The minimum absolute atomic E-state index is 0.00211. The molecule has 3 aromatic rings. The molecule has 10 rings (SSSR count). The summed E-state index contributed by atoms with van der Waals surface area (Å²) in [6.07, 6.45) is 24.3. The van der Waals surface area contributed by atoms with Gasteiger partial charge >= 0.3 is 0 Å². The topological polar surface area (TPSA) is 186 Å². The average molecular weight is 926 g/mol. The van der Waals surface area contributed by atoms with Gasteiger partial charge in [0.15, 0.2) is 17.6 Å². The number of ether oxygens (including phenoxy) is 2. The Balaban J connectivity index is 0.663. The van der Waals surface area contributed by atoms with Crippen molar-refractivity contribution < 1.29 is 35.0 Å². The molecule has 11 nitrogen and oxygen atoms in total. The Morgan fingerprint density at radius 1 is 1.03 bits per heavy atom. The molecule has 7 aliphatic rings.